The van der Waals surface area contributed by atoms with E-state index in [9.17, 15) is 0 Å². The smallest absolute Gasteiger partial charge is 0.159 e. The van der Waals surface area contributed by atoms with Crippen LogP contribution in [0, 0.1) is 0 Å². The van der Waals surface area contributed by atoms with Crippen LogP contribution in [0.25, 0.3) is 28.3 Å². The van der Waals surface area contributed by atoms with Gasteiger partial charge in [0.15, 0.2) is 5.82 Å². The van der Waals surface area contributed by atoms with Crippen LogP contribution in [-0.2, 0) is 0 Å². The molecule has 0 aliphatic carbocycles. The molecule has 0 fully saturated rings. The van der Waals surface area contributed by atoms with E-state index in [0.717, 1.165) is 40.3 Å². The van der Waals surface area contributed by atoms with Crippen LogP contribution in [0.5, 0.6) is 0 Å². The van der Waals surface area contributed by atoms with Gasteiger partial charge in [-0.25, -0.2) is 15.0 Å². The van der Waals surface area contributed by atoms with Crippen molar-refractivity contribution >= 4 is 12.4 Å². The number of nitrogens with one attached hydrogen (secondary N) is 3. The second kappa shape index (κ2) is 9.05. The molecule has 144 valence electrons. The highest BCUT2D eigenvalue weighted by Gasteiger charge is 2.12. The molecule has 1 atom stereocenters. The first kappa shape index (κ1) is 19.4. The largest absolute Gasteiger partial charge is 0.386 e. The first-order valence-electron chi connectivity index (χ1n) is 9.19. The fraction of sp³-hybridized carbons (Fsp3) is 0.238. The Labute approximate surface area is 165 Å². The SMILES string of the molecule is C=N/C=C(\NC)c1ccc(-c2ncc(-c3cnc([C@H](CC)NC)[nH]3)cn2)cc1. The van der Waals surface area contributed by atoms with E-state index in [1.807, 2.05) is 57.0 Å². The van der Waals surface area contributed by atoms with E-state index in [1.54, 1.807) is 6.20 Å². The number of H-pyrrole nitrogens is 1. The minimum Gasteiger partial charge on any atom is -0.386 e. The van der Waals surface area contributed by atoms with Gasteiger partial charge in [0.25, 0.3) is 0 Å². The van der Waals surface area contributed by atoms with Crippen LogP contribution in [0.1, 0.15) is 30.8 Å². The maximum absolute atomic E-state index is 4.52. The number of hydrogen-bond acceptors (Lipinski definition) is 6. The summed E-state index contributed by atoms with van der Waals surface area (Å²) in [7, 11) is 3.79. The van der Waals surface area contributed by atoms with Crippen LogP contribution in [0.2, 0.25) is 0 Å². The lowest BCUT2D eigenvalue weighted by molar-refractivity contribution is 0.550. The highest BCUT2D eigenvalue weighted by atomic mass is 15.0. The number of rotatable bonds is 8. The molecule has 0 radical (unpaired) electrons. The molecular weight excluding hydrogens is 350 g/mol. The van der Waals surface area contributed by atoms with Gasteiger partial charge in [-0.1, -0.05) is 31.2 Å². The van der Waals surface area contributed by atoms with Crippen LogP contribution in [0.15, 0.2) is 54.0 Å². The average molecular weight is 375 g/mol. The molecule has 0 bridgehead atoms. The monoisotopic (exact) mass is 375 g/mol. The second-order valence-corrected chi connectivity index (χ2v) is 6.28. The van der Waals surface area contributed by atoms with Gasteiger partial charge in [0.1, 0.15) is 5.82 Å². The topological polar surface area (TPSA) is 90.9 Å². The van der Waals surface area contributed by atoms with Crippen molar-refractivity contribution in [1.82, 2.24) is 30.6 Å². The van der Waals surface area contributed by atoms with E-state index < -0.39 is 0 Å². The lowest BCUT2D eigenvalue weighted by atomic mass is 10.1. The summed E-state index contributed by atoms with van der Waals surface area (Å²) in [5.41, 5.74) is 4.69. The summed E-state index contributed by atoms with van der Waals surface area (Å²) in [6, 6.07) is 8.20. The molecule has 28 heavy (non-hydrogen) atoms. The van der Waals surface area contributed by atoms with Gasteiger partial charge in [-0.2, -0.15) is 0 Å². The third-order valence-electron chi connectivity index (χ3n) is 4.59. The fourth-order valence-corrected chi connectivity index (χ4v) is 2.98. The first-order chi connectivity index (χ1) is 13.7. The van der Waals surface area contributed by atoms with Gasteiger partial charge in [0, 0.05) is 36.8 Å². The third-order valence-corrected chi connectivity index (χ3v) is 4.59. The molecule has 0 aliphatic rings. The van der Waals surface area contributed by atoms with E-state index in [0.29, 0.717) is 5.82 Å². The van der Waals surface area contributed by atoms with Gasteiger partial charge < -0.3 is 15.6 Å². The van der Waals surface area contributed by atoms with Crippen molar-refractivity contribution in [1.29, 1.82) is 0 Å². The maximum atomic E-state index is 4.52. The molecular formula is C21H25N7. The van der Waals surface area contributed by atoms with Crippen molar-refractivity contribution in [2.45, 2.75) is 19.4 Å². The van der Waals surface area contributed by atoms with E-state index >= 15 is 0 Å². The Morgan fingerprint density at radius 2 is 1.82 bits per heavy atom. The van der Waals surface area contributed by atoms with Gasteiger partial charge in [0.05, 0.1) is 23.6 Å². The molecule has 0 saturated heterocycles. The number of aliphatic imine (C=N–C) groups is 1. The van der Waals surface area contributed by atoms with Gasteiger partial charge >= 0.3 is 0 Å². The maximum Gasteiger partial charge on any atom is 0.159 e. The fourth-order valence-electron chi connectivity index (χ4n) is 2.98. The predicted molar refractivity (Wildman–Crippen MR) is 114 cm³/mol. The molecule has 0 saturated carbocycles. The van der Waals surface area contributed by atoms with E-state index in [2.05, 4.69) is 49.2 Å². The second-order valence-electron chi connectivity index (χ2n) is 6.28. The quantitative estimate of drug-likeness (QED) is 0.525. The minimum absolute atomic E-state index is 0.209. The summed E-state index contributed by atoms with van der Waals surface area (Å²) >= 11 is 0. The molecule has 0 spiro atoms. The Morgan fingerprint density at radius 1 is 1.11 bits per heavy atom. The Kier molecular flexibility index (Phi) is 6.29. The van der Waals surface area contributed by atoms with E-state index in [-0.39, 0.29) is 6.04 Å². The molecule has 0 amide bonds. The average Bonchev–Trinajstić information content (AvgIpc) is 3.23. The Morgan fingerprint density at radius 3 is 2.39 bits per heavy atom. The van der Waals surface area contributed by atoms with Crippen molar-refractivity contribution in [3.05, 3.63) is 60.4 Å². The van der Waals surface area contributed by atoms with Crippen LogP contribution >= 0.6 is 0 Å². The van der Waals surface area contributed by atoms with Crippen LogP contribution in [-0.4, -0.2) is 40.7 Å². The van der Waals surface area contributed by atoms with E-state index in [1.165, 1.54) is 0 Å². The zero-order valence-corrected chi connectivity index (χ0v) is 16.4. The standard InChI is InChI=1S/C21H25N7/c1-5-17(23-3)21-27-13-19(28-21)16-10-25-20(26-11-16)15-8-6-14(7-9-15)18(24-4)12-22-2/h6-13,17,23-24H,2,5H2,1,3-4H3,(H,27,28)/b18-12-/t17-/m0/s1. The van der Waals surface area contributed by atoms with Gasteiger partial charge in [-0.05, 0) is 25.7 Å². The molecule has 0 aliphatic heterocycles. The highest BCUT2D eigenvalue weighted by molar-refractivity contribution is 5.68. The Hall–Kier alpha value is -3.32. The molecule has 3 rings (SSSR count). The van der Waals surface area contributed by atoms with Crippen LogP contribution in [0.4, 0.5) is 0 Å². The number of aromatic amines is 1. The summed E-state index contributed by atoms with van der Waals surface area (Å²) in [4.78, 5) is 20.7. The zero-order chi connectivity index (χ0) is 19.9. The summed E-state index contributed by atoms with van der Waals surface area (Å²) in [5, 5.41) is 6.35. The minimum atomic E-state index is 0.209. The Balaban J connectivity index is 1.79. The molecule has 7 nitrogen and oxygen atoms in total. The van der Waals surface area contributed by atoms with Crippen molar-refractivity contribution < 1.29 is 0 Å². The molecule has 2 aromatic heterocycles. The number of benzene rings is 1. The van der Waals surface area contributed by atoms with Gasteiger partial charge in [0.2, 0.25) is 0 Å². The molecule has 0 unspecified atom stereocenters. The van der Waals surface area contributed by atoms with Crippen molar-refractivity contribution in [3.63, 3.8) is 0 Å². The summed E-state index contributed by atoms with van der Waals surface area (Å²) in [6.45, 7) is 5.62. The van der Waals surface area contributed by atoms with E-state index in [4.69, 9.17) is 0 Å². The van der Waals surface area contributed by atoms with Crippen molar-refractivity contribution in [2.75, 3.05) is 14.1 Å². The molecule has 2 heterocycles. The summed E-state index contributed by atoms with van der Waals surface area (Å²) in [5.74, 6) is 1.59. The molecule has 7 heteroatoms. The van der Waals surface area contributed by atoms with Crippen molar-refractivity contribution in [2.24, 2.45) is 4.99 Å². The molecule has 3 N–H and O–H groups in total. The lowest BCUT2D eigenvalue weighted by Crippen LogP contribution is -2.16. The summed E-state index contributed by atoms with van der Waals surface area (Å²) in [6.07, 6.45) is 8.10. The normalized spacial score (nSPS) is 12.6. The molecule has 1 aromatic carbocycles. The van der Waals surface area contributed by atoms with Gasteiger partial charge in [-0.15, -0.1) is 0 Å². The predicted octanol–water partition coefficient (Wildman–Crippen LogP) is 3.42. The zero-order valence-electron chi connectivity index (χ0n) is 16.4. The number of nitrogens with zero attached hydrogens (tertiary/aromatic N) is 4. The third kappa shape index (κ3) is 4.15. The summed E-state index contributed by atoms with van der Waals surface area (Å²) < 4.78 is 0. The van der Waals surface area contributed by atoms with Crippen LogP contribution in [0.3, 0.4) is 0 Å². The molecule has 3 aromatic rings. The lowest BCUT2D eigenvalue weighted by Gasteiger charge is -2.09. The number of aromatic nitrogens is 4. The highest BCUT2D eigenvalue weighted by Crippen LogP contribution is 2.22. The first-order valence-corrected chi connectivity index (χ1v) is 9.19. The van der Waals surface area contributed by atoms with Crippen molar-refractivity contribution in [3.8, 4) is 22.6 Å². The van der Waals surface area contributed by atoms with Crippen LogP contribution < -0.4 is 10.6 Å². The Bertz CT molecular complexity index is 936. The number of imidazole rings is 1. The van der Waals surface area contributed by atoms with Gasteiger partial charge in [-0.3, -0.25) is 4.99 Å². The number of hydrogen-bond donors (Lipinski definition) is 3.